The summed E-state index contributed by atoms with van der Waals surface area (Å²) in [5.74, 6) is -1.14. The summed E-state index contributed by atoms with van der Waals surface area (Å²) < 4.78 is 32.9. The van der Waals surface area contributed by atoms with E-state index in [-0.39, 0.29) is 0 Å². The van der Waals surface area contributed by atoms with Gasteiger partial charge in [-0.15, -0.1) is 0 Å². The van der Waals surface area contributed by atoms with Crippen LogP contribution in [0.5, 0.6) is 5.88 Å². The molecule has 3 rings (SSSR count). The Bertz CT molecular complexity index is 744. The van der Waals surface area contributed by atoms with Crippen LogP contribution in [-0.2, 0) is 0 Å². The van der Waals surface area contributed by atoms with Gasteiger partial charge >= 0.3 is 0 Å². The Morgan fingerprint density at radius 3 is 2.48 bits per heavy atom. The second kappa shape index (κ2) is 7.42. The van der Waals surface area contributed by atoms with Crippen LogP contribution >= 0.6 is 0 Å². The van der Waals surface area contributed by atoms with Crippen molar-refractivity contribution in [1.82, 2.24) is 14.9 Å². The first-order valence-corrected chi connectivity index (χ1v) is 8.03. The van der Waals surface area contributed by atoms with Crippen molar-refractivity contribution in [2.24, 2.45) is 0 Å². The zero-order chi connectivity index (χ0) is 17.8. The SMILES string of the molecule is CCOc1cc(N2CCN(C(=O)c3c(F)cccc3F)CC2)ncn1. The summed E-state index contributed by atoms with van der Waals surface area (Å²) in [7, 11) is 0. The molecule has 2 heterocycles. The highest BCUT2D eigenvalue weighted by molar-refractivity contribution is 5.95. The summed E-state index contributed by atoms with van der Waals surface area (Å²) in [5.41, 5.74) is -0.503. The molecule has 0 spiro atoms. The molecule has 1 amide bonds. The standard InChI is InChI=1S/C17H18F2N4O2/c1-2-25-15-10-14(20-11-21-15)22-6-8-23(9-7-22)17(24)16-12(18)4-3-5-13(16)19/h3-5,10-11H,2,6-9H2,1H3. The van der Waals surface area contributed by atoms with E-state index in [1.807, 2.05) is 11.8 Å². The van der Waals surface area contributed by atoms with Crippen molar-refractivity contribution < 1.29 is 18.3 Å². The third-order valence-corrected chi connectivity index (χ3v) is 3.99. The summed E-state index contributed by atoms with van der Waals surface area (Å²) in [6, 6.07) is 5.15. The van der Waals surface area contributed by atoms with Crippen molar-refractivity contribution in [3.05, 3.63) is 47.8 Å². The van der Waals surface area contributed by atoms with Crippen LogP contribution in [0.1, 0.15) is 17.3 Å². The van der Waals surface area contributed by atoms with Gasteiger partial charge in [-0.3, -0.25) is 4.79 Å². The number of hydrogen-bond acceptors (Lipinski definition) is 5. The number of aromatic nitrogens is 2. The van der Waals surface area contributed by atoms with Crippen molar-refractivity contribution in [3.63, 3.8) is 0 Å². The Hall–Kier alpha value is -2.77. The molecule has 1 saturated heterocycles. The Kier molecular flexibility index (Phi) is 5.06. The molecule has 1 aliphatic rings. The molecule has 0 aliphatic carbocycles. The van der Waals surface area contributed by atoms with Crippen LogP contribution < -0.4 is 9.64 Å². The molecule has 0 saturated carbocycles. The number of nitrogens with zero attached hydrogens (tertiary/aromatic N) is 4. The van der Waals surface area contributed by atoms with Gasteiger partial charge in [0.15, 0.2) is 0 Å². The van der Waals surface area contributed by atoms with Crippen LogP contribution in [-0.4, -0.2) is 53.6 Å². The molecule has 132 valence electrons. The highest BCUT2D eigenvalue weighted by Crippen LogP contribution is 2.20. The van der Waals surface area contributed by atoms with E-state index >= 15 is 0 Å². The topological polar surface area (TPSA) is 58.6 Å². The van der Waals surface area contributed by atoms with E-state index in [9.17, 15) is 13.6 Å². The maximum atomic E-state index is 13.8. The number of carbonyl (C=O) groups is 1. The molecule has 1 fully saturated rings. The number of anilines is 1. The maximum absolute atomic E-state index is 13.8. The fourth-order valence-electron chi connectivity index (χ4n) is 2.73. The van der Waals surface area contributed by atoms with E-state index in [0.717, 1.165) is 12.1 Å². The zero-order valence-corrected chi connectivity index (χ0v) is 13.8. The Morgan fingerprint density at radius 1 is 1.16 bits per heavy atom. The predicted octanol–water partition coefficient (Wildman–Crippen LogP) is 2.12. The first-order valence-electron chi connectivity index (χ1n) is 8.03. The van der Waals surface area contributed by atoms with Gasteiger partial charge in [-0.1, -0.05) is 6.07 Å². The van der Waals surface area contributed by atoms with Crippen LogP contribution in [0.4, 0.5) is 14.6 Å². The van der Waals surface area contributed by atoms with Crippen molar-refractivity contribution in [3.8, 4) is 5.88 Å². The van der Waals surface area contributed by atoms with Gasteiger partial charge in [-0.2, -0.15) is 0 Å². The Balaban J connectivity index is 1.68. The number of piperazine rings is 1. The number of halogens is 2. The minimum Gasteiger partial charge on any atom is -0.478 e. The van der Waals surface area contributed by atoms with Crippen LogP contribution in [0.3, 0.4) is 0 Å². The van der Waals surface area contributed by atoms with Gasteiger partial charge in [0.05, 0.1) is 6.61 Å². The zero-order valence-electron chi connectivity index (χ0n) is 13.8. The fourth-order valence-corrected chi connectivity index (χ4v) is 2.73. The molecule has 1 aromatic heterocycles. The van der Waals surface area contributed by atoms with Crippen LogP contribution in [0.15, 0.2) is 30.6 Å². The third-order valence-electron chi connectivity index (χ3n) is 3.99. The van der Waals surface area contributed by atoms with Crippen molar-refractivity contribution in [2.75, 3.05) is 37.7 Å². The van der Waals surface area contributed by atoms with Gasteiger partial charge in [0, 0.05) is 32.2 Å². The molecule has 8 heteroatoms. The first-order chi connectivity index (χ1) is 12.1. The van der Waals surface area contributed by atoms with E-state index in [0.29, 0.717) is 44.5 Å². The minimum absolute atomic E-state index is 0.348. The quantitative estimate of drug-likeness (QED) is 0.847. The molecule has 0 N–H and O–H groups in total. The summed E-state index contributed by atoms with van der Waals surface area (Å²) in [5, 5.41) is 0. The molecule has 0 radical (unpaired) electrons. The van der Waals surface area contributed by atoms with E-state index in [1.165, 1.54) is 17.3 Å². The van der Waals surface area contributed by atoms with Gasteiger partial charge < -0.3 is 14.5 Å². The van der Waals surface area contributed by atoms with E-state index in [2.05, 4.69) is 9.97 Å². The van der Waals surface area contributed by atoms with Gasteiger partial charge in [0.2, 0.25) is 5.88 Å². The van der Waals surface area contributed by atoms with Gasteiger partial charge in [-0.05, 0) is 19.1 Å². The Morgan fingerprint density at radius 2 is 1.84 bits per heavy atom. The van der Waals surface area contributed by atoms with Crippen molar-refractivity contribution >= 4 is 11.7 Å². The number of hydrogen-bond donors (Lipinski definition) is 0. The second-order valence-electron chi connectivity index (χ2n) is 5.52. The maximum Gasteiger partial charge on any atom is 0.259 e. The average Bonchev–Trinajstić information content (AvgIpc) is 2.62. The molecular formula is C17H18F2N4O2. The van der Waals surface area contributed by atoms with E-state index < -0.39 is 23.1 Å². The number of benzene rings is 1. The summed E-state index contributed by atoms with van der Waals surface area (Å²) in [4.78, 5) is 24.1. The largest absolute Gasteiger partial charge is 0.478 e. The smallest absolute Gasteiger partial charge is 0.259 e. The summed E-state index contributed by atoms with van der Waals surface area (Å²) in [6.45, 7) is 4.08. The molecule has 25 heavy (non-hydrogen) atoms. The molecule has 1 aliphatic heterocycles. The van der Waals surface area contributed by atoms with E-state index in [4.69, 9.17) is 4.74 Å². The number of carbonyl (C=O) groups excluding carboxylic acids is 1. The van der Waals surface area contributed by atoms with Gasteiger partial charge in [0.1, 0.15) is 29.3 Å². The third kappa shape index (κ3) is 3.67. The minimum atomic E-state index is -0.843. The lowest BCUT2D eigenvalue weighted by Crippen LogP contribution is -2.49. The second-order valence-corrected chi connectivity index (χ2v) is 5.52. The highest BCUT2D eigenvalue weighted by Gasteiger charge is 2.27. The van der Waals surface area contributed by atoms with Crippen molar-refractivity contribution in [1.29, 1.82) is 0 Å². The molecule has 2 aromatic rings. The molecule has 0 unspecified atom stereocenters. The first kappa shape index (κ1) is 17.1. The monoisotopic (exact) mass is 348 g/mol. The summed E-state index contributed by atoms with van der Waals surface area (Å²) >= 11 is 0. The lowest BCUT2D eigenvalue weighted by molar-refractivity contribution is 0.0736. The summed E-state index contributed by atoms with van der Waals surface area (Å²) in [6.07, 6.45) is 1.42. The van der Waals surface area contributed by atoms with Crippen molar-refractivity contribution in [2.45, 2.75) is 6.92 Å². The number of ether oxygens (including phenoxy) is 1. The molecule has 1 aromatic carbocycles. The molecule has 6 nitrogen and oxygen atoms in total. The van der Waals surface area contributed by atoms with E-state index in [1.54, 1.807) is 6.07 Å². The molecule has 0 bridgehead atoms. The van der Waals surface area contributed by atoms with Crippen LogP contribution in [0, 0.1) is 11.6 Å². The lowest BCUT2D eigenvalue weighted by atomic mass is 10.1. The number of rotatable bonds is 4. The fraction of sp³-hybridized carbons (Fsp3) is 0.353. The number of amides is 1. The molecular weight excluding hydrogens is 330 g/mol. The van der Waals surface area contributed by atoms with Crippen LogP contribution in [0.25, 0.3) is 0 Å². The normalized spacial score (nSPS) is 14.5. The van der Waals surface area contributed by atoms with Crippen LogP contribution in [0.2, 0.25) is 0 Å². The lowest BCUT2D eigenvalue weighted by Gasteiger charge is -2.35. The highest BCUT2D eigenvalue weighted by atomic mass is 19.1. The predicted molar refractivity (Wildman–Crippen MR) is 87.7 cm³/mol. The molecule has 0 atom stereocenters. The van der Waals surface area contributed by atoms with Gasteiger partial charge in [0.25, 0.3) is 5.91 Å². The van der Waals surface area contributed by atoms with Gasteiger partial charge in [-0.25, -0.2) is 18.7 Å². The average molecular weight is 348 g/mol. The Labute approximate surface area is 144 Å².